The molecule has 0 aliphatic heterocycles. The van der Waals surface area contributed by atoms with Crippen molar-refractivity contribution in [2.24, 2.45) is 0 Å². The van der Waals surface area contributed by atoms with Crippen LogP contribution >= 0.6 is 0 Å². The van der Waals surface area contributed by atoms with Gasteiger partial charge in [0.1, 0.15) is 11.2 Å². The topological polar surface area (TPSA) is 26.0 Å². The fourth-order valence-corrected chi connectivity index (χ4v) is 5.07. The van der Waals surface area contributed by atoms with E-state index in [-0.39, 0.29) is 5.41 Å². The summed E-state index contributed by atoms with van der Waals surface area (Å²) in [6.45, 7) is 8.82. The van der Waals surface area contributed by atoms with Crippen LogP contribution in [0.2, 0.25) is 0 Å². The molecule has 3 aromatic carbocycles. The van der Waals surface area contributed by atoms with Gasteiger partial charge in [-0.1, -0.05) is 56.3 Å². The molecule has 0 N–H and O–H groups in total. The van der Waals surface area contributed by atoms with E-state index in [1.807, 2.05) is 6.20 Å². The average molecular weight is 389 g/mol. The fourth-order valence-electron chi connectivity index (χ4n) is 5.07. The molecule has 0 unspecified atom stereocenters. The van der Waals surface area contributed by atoms with Crippen molar-refractivity contribution in [3.63, 3.8) is 0 Å². The van der Waals surface area contributed by atoms with Gasteiger partial charge in [0.15, 0.2) is 0 Å². The highest BCUT2D eigenvalue weighted by molar-refractivity contribution is 6.11. The lowest BCUT2D eigenvalue weighted by Crippen LogP contribution is -2.14. The molecule has 30 heavy (non-hydrogen) atoms. The quantitative estimate of drug-likeness (QED) is 0.295. The van der Waals surface area contributed by atoms with E-state index >= 15 is 0 Å². The number of benzene rings is 3. The number of rotatable bonds is 1. The summed E-state index contributed by atoms with van der Waals surface area (Å²) < 4.78 is 6.52. The third kappa shape index (κ3) is 2.22. The van der Waals surface area contributed by atoms with Gasteiger partial charge in [0.25, 0.3) is 0 Å². The van der Waals surface area contributed by atoms with Crippen molar-refractivity contribution in [1.29, 1.82) is 0 Å². The molecule has 0 saturated heterocycles. The maximum absolute atomic E-state index is 6.52. The Balaban J connectivity index is 1.68. The zero-order chi connectivity index (χ0) is 20.6. The average Bonchev–Trinajstić information content (AvgIpc) is 3.21. The Morgan fingerprint density at radius 1 is 0.800 bits per heavy atom. The van der Waals surface area contributed by atoms with E-state index in [4.69, 9.17) is 4.42 Å². The minimum absolute atomic E-state index is 0.0181. The summed E-state index contributed by atoms with van der Waals surface area (Å²) in [4.78, 5) is 4.68. The Morgan fingerprint density at radius 3 is 2.43 bits per heavy atom. The highest BCUT2D eigenvalue weighted by Gasteiger charge is 2.36. The van der Waals surface area contributed by atoms with Gasteiger partial charge in [-0.3, -0.25) is 4.98 Å². The fraction of sp³-hybridized carbons (Fsp3) is 0.179. The molecule has 0 atom stereocenters. The van der Waals surface area contributed by atoms with Gasteiger partial charge in [0.05, 0.1) is 5.69 Å². The lowest BCUT2D eigenvalue weighted by Gasteiger charge is -2.21. The summed E-state index contributed by atoms with van der Waals surface area (Å²) in [5, 5.41) is 2.33. The van der Waals surface area contributed by atoms with Gasteiger partial charge < -0.3 is 4.42 Å². The van der Waals surface area contributed by atoms with Crippen LogP contribution in [0.25, 0.3) is 44.3 Å². The van der Waals surface area contributed by atoms with Gasteiger partial charge in [-0.2, -0.15) is 0 Å². The highest BCUT2D eigenvalue weighted by atomic mass is 16.3. The molecule has 2 heteroatoms. The second kappa shape index (κ2) is 5.82. The van der Waals surface area contributed by atoms with Gasteiger partial charge in [0, 0.05) is 27.9 Å². The third-order valence-corrected chi connectivity index (χ3v) is 6.72. The molecule has 2 aromatic heterocycles. The van der Waals surface area contributed by atoms with Gasteiger partial charge in [-0.05, 0) is 65.4 Å². The predicted molar refractivity (Wildman–Crippen MR) is 124 cm³/mol. The van der Waals surface area contributed by atoms with Crippen LogP contribution in [0.3, 0.4) is 0 Å². The minimum Gasteiger partial charge on any atom is -0.455 e. The largest absolute Gasteiger partial charge is 0.455 e. The first-order valence-corrected chi connectivity index (χ1v) is 10.5. The van der Waals surface area contributed by atoms with Gasteiger partial charge in [-0.25, -0.2) is 0 Å². The Hall–Kier alpha value is -3.39. The van der Waals surface area contributed by atoms with E-state index in [9.17, 15) is 0 Å². The van der Waals surface area contributed by atoms with E-state index in [2.05, 4.69) is 93.3 Å². The Labute approximate surface area is 176 Å². The molecule has 6 rings (SSSR count). The van der Waals surface area contributed by atoms with Crippen LogP contribution in [0.15, 0.2) is 71.3 Å². The molecule has 146 valence electrons. The van der Waals surface area contributed by atoms with Crippen LogP contribution in [0.4, 0.5) is 0 Å². The van der Waals surface area contributed by atoms with E-state index < -0.39 is 0 Å². The van der Waals surface area contributed by atoms with Crippen LogP contribution in [0.1, 0.15) is 36.1 Å². The second-order valence-electron chi connectivity index (χ2n) is 9.02. The molecule has 5 aromatic rings. The maximum Gasteiger partial charge on any atom is 0.145 e. The zero-order valence-corrected chi connectivity index (χ0v) is 17.7. The number of furan rings is 1. The maximum atomic E-state index is 6.52. The standard InChI is InChI=1S/C28H23NO/c1-16-9-12-24(29-15-16)26-17(2)10-11-19-21-13-23-20(14-25(21)30-27(19)26)18-7-5-6-8-22(18)28(23,3)4/h5-15H,1-4H3. The van der Waals surface area contributed by atoms with Crippen LogP contribution in [-0.4, -0.2) is 4.98 Å². The van der Waals surface area contributed by atoms with Gasteiger partial charge >= 0.3 is 0 Å². The summed E-state index contributed by atoms with van der Waals surface area (Å²) in [6.07, 6.45) is 1.92. The third-order valence-electron chi connectivity index (χ3n) is 6.72. The van der Waals surface area contributed by atoms with E-state index in [1.54, 1.807) is 0 Å². The molecular formula is C28H23NO. The summed E-state index contributed by atoms with van der Waals surface area (Å²) in [6, 6.07) is 21.9. The summed E-state index contributed by atoms with van der Waals surface area (Å²) in [5.41, 5.74) is 11.6. The molecule has 2 heterocycles. The molecule has 0 amide bonds. The predicted octanol–water partition coefficient (Wildman–Crippen LogP) is 7.57. The number of hydrogen-bond donors (Lipinski definition) is 0. The van der Waals surface area contributed by atoms with Crippen molar-refractivity contribution < 1.29 is 4.42 Å². The number of fused-ring (bicyclic) bond motifs is 6. The number of hydrogen-bond acceptors (Lipinski definition) is 2. The Kier molecular flexibility index (Phi) is 3.39. The summed E-state index contributed by atoms with van der Waals surface area (Å²) in [7, 11) is 0. The van der Waals surface area contributed by atoms with E-state index in [0.29, 0.717) is 0 Å². The number of pyridine rings is 1. The summed E-state index contributed by atoms with van der Waals surface area (Å²) in [5.74, 6) is 0. The van der Waals surface area contributed by atoms with Crippen LogP contribution in [0.5, 0.6) is 0 Å². The van der Waals surface area contributed by atoms with E-state index in [0.717, 1.165) is 33.4 Å². The van der Waals surface area contributed by atoms with Crippen molar-refractivity contribution in [3.8, 4) is 22.4 Å². The zero-order valence-electron chi connectivity index (χ0n) is 17.7. The van der Waals surface area contributed by atoms with Gasteiger partial charge in [0.2, 0.25) is 0 Å². The molecule has 1 aliphatic rings. The Bertz CT molecular complexity index is 1470. The molecule has 2 nitrogen and oxygen atoms in total. The monoisotopic (exact) mass is 389 g/mol. The number of nitrogens with zero attached hydrogens (tertiary/aromatic N) is 1. The lowest BCUT2D eigenvalue weighted by molar-refractivity contribution is 0.658. The molecule has 0 bridgehead atoms. The van der Waals surface area contributed by atoms with Crippen LogP contribution < -0.4 is 0 Å². The van der Waals surface area contributed by atoms with Crippen molar-refractivity contribution in [2.45, 2.75) is 33.1 Å². The molecule has 0 radical (unpaired) electrons. The number of aryl methyl sites for hydroxylation is 2. The van der Waals surface area contributed by atoms with Crippen molar-refractivity contribution in [2.75, 3.05) is 0 Å². The van der Waals surface area contributed by atoms with Crippen molar-refractivity contribution in [1.82, 2.24) is 4.98 Å². The Morgan fingerprint density at radius 2 is 1.63 bits per heavy atom. The first kappa shape index (κ1) is 17.5. The second-order valence-corrected chi connectivity index (χ2v) is 9.02. The van der Waals surface area contributed by atoms with E-state index in [1.165, 1.54) is 33.2 Å². The molecule has 1 aliphatic carbocycles. The van der Waals surface area contributed by atoms with Crippen molar-refractivity contribution in [3.05, 3.63) is 89.1 Å². The SMILES string of the molecule is Cc1ccc(-c2c(C)ccc3c2oc2cc4c(cc23)C(C)(C)c2ccccc2-4)nc1. The molecule has 0 fully saturated rings. The molecular weight excluding hydrogens is 366 g/mol. The first-order chi connectivity index (χ1) is 14.4. The lowest BCUT2D eigenvalue weighted by atomic mass is 9.82. The summed E-state index contributed by atoms with van der Waals surface area (Å²) >= 11 is 0. The molecule has 0 spiro atoms. The van der Waals surface area contributed by atoms with Gasteiger partial charge in [-0.15, -0.1) is 0 Å². The highest BCUT2D eigenvalue weighted by Crippen LogP contribution is 2.51. The normalized spacial score (nSPS) is 14.3. The van der Waals surface area contributed by atoms with Crippen molar-refractivity contribution >= 4 is 21.9 Å². The van der Waals surface area contributed by atoms with Crippen LogP contribution in [0, 0.1) is 13.8 Å². The van der Waals surface area contributed by atoms with Crippen LogP contribution in [-0.2, 0) is 5.41 Å². The molecule has 0 saturated carbocycles. The first-order valence-electron chi connectivity index (χ1n) is 10.5. The smallest absolute Gasteiger partial charge is 0.145 e. The number of aromatic nitrogens is 1. The minimum atomic E-state index is -0.0181.